The van der Waals surface area contributed by atoms with Crippen molar-refractivity contribution in [1.82, 2.24) is 4.90 Å². The number of hydrogen-bond donors (Lipinski definition) is 1. The van der Waals surface area contributed by atoms with Crippen LogP contribution >= 0.6 is 0 Å². The maximum absolute atomic E-state index is 13.4. The molecule has 4 unspecified atom stereocenters. The maximum Gasteiger partial charge on any atom is 0.314 e. The van der Waals surface area contributed by atoms with Crippen molar-refractivity contribution in [2.75, 3.05) is 19.8 Å². The van der Waals surface area contributed by atoms with Crippen LogP contribution in [0.4, 0.5) is 0 Å². The molecule has 1 N–H and O–H groups in total. The van der Waals surface area contributed by atoms with Gasteiger partial charge in [0.15, 0.2) is 5.60 Å². The minimum absolute atomic E-state index is 0.0149. The Morgan fingerprint density at radius 2 is 2.00 bits per heavy atom. The lowest BCUT2D eigenvalue weighted by atomic mass is 9.80. The summed E-state index contributed by atoms with van der Waals surface area (Å²) in [4.78, 5) is 26.9. The van der Waals surface area contributed by atoms with Gasteiger partial charge in [0.05, 0.1) is 25.3 Å². The third kappa shape index (κ3) is 2.70. The Kier molecular flexibility index (Phi) is 4.55. The van der Waals surface area contributed by atoms with E-state index >= 15 is 0 Å². The SMILES string of the molecule is CCOC1(C(=O)N2C3CCCC2COC3)C=CC=CC1C(=O)O. The number of allylic oxidation sites excluding steroid dienone is 2. The van der Waals surface area contributed by atoms with Gasteiger partial charge in [0.1, 0.15) is 5.92 Å². The van der Waals surface area contributed by atoms with E-state index in [4.69, 9.17) is 9.47 Å². The van der Waals surface area contributed by atoms with Gasteiger partial charge >= 0.3 is 5.97 Å². The third-order valence-corrected chi connectivity index (χ3v) is 4.92. The van der Waals surface area contributed by atoms with Crippen LogP contribution in [-0.4, -0.2) is 59.4 Å². The fourth-order valence-corrected chi connectivity index (χ4v) is 3.90. The summed E-state index contributed by atoms with van der Waals surface area (Å²) in [6.45, 7) is 3.08. The minimum atomic E-state index is -1.46. The van der Waals surface area contributed by atoms with E-state index in [9.17, 15) is 14.7 Å². The number of amides is 1. The highest BCUT2D eigenvalue weighted by Gasteiger charge is 2.53. The second-order valence-corrected chi connectivity index (χ2v) is 6.27. The lowest BCUT2D eigenvalue weighted by Crippen LogP contribution is -2.65. The highest BCUT2D eigenvalue weighted by molar-refractivity contribution is 5.95. The summed E-state index contributed by atoms with van der Waals surface area (Å²) in [5, 5.41) is 9.59. The van der Waals surface area contributed by atoms with E-state index in [1.54, 1.807) is 25.2 Å². The van der Waals surface area contributed by atoms with Gasteiger partial charge in [-0.25, -0.2) is 0 Å². The van der Waals surface area contributed by atoms with E-state index in [1.807, 2.05) is 4.90 Å². The number of morpholine rings is 1. The Hall–Kier alpha value is -1.66. The highest BCUT2D eigenvalue weighted by Crippen LogP contribution is 2.36. The normalized spacial score (nSPS) is 36.0. The van der Waals surface area contributed by atoms with E-state index in [0.29, 0.717) is 13.2 Å². The number of carbonyl (C=O) groups is 2. The Morgan fingerprint density at radius 1 is 1.30 bits per heavy atom. The molecule has 0 saturated carbocycles. The quantitative estimate of drug-likeness (QED) is 0.846. The molecule has 2 bridgehead atoms. The highest BCUT2D eigenvalue weighted by atomic mass is 16.5. The van der Waals surface area contributed by atoms with E-state index < -0.39 is 17.5 Å². The molecule has 0 aromatic rings. The molecule has 126 valence electrons. The van der Waals surface area contributed by atoms with E-state index in [2.05, 4.69) is 0 Å². The van der Waals surface area contributed by atoms with Crippen LogP contribution in [0.25, 0.3) is 0 Å². The van der Waals surface area contributed by atoms with Crippen LogP contribution in [0.1, 0.15) is 26.2 Å². The predicted octanol–water partition coefficient (Wildman–Crippen LogP) is 1.37. The summed E-state index contributed by atoms with van der Waals surface area (Å²) in [5.41, 5.74) is -1.46. The Bertz CT molecular complexity index is 521. The molecule has 2 aliphatic heterocycles. The number of ether oxygens (including phenoxy) is 2. The first-order valence-electron chi connectivity index (χ1n) is 8.23. The lowest BCUT2D eigenvalue weighted by molar-refractivity contribution is -0.179. The summed E-state index contributed by atoms with van der Waals surface area (Å²) in [5.74, 6) is -2.31. The number of carboxylic acids is 1. The molecule has 23 heavy (non-hydrogen) atoms. The van der Waals surface area contributed by atoms with Crippen molar-refractivity contribution in [1.29, 1.82) is 0 Å². The number of aliphatic carboxylic acids is 1. The van der Waals surface area contributed by atoms with Gasteiger partial charge in [-0.2, -0.15) is 0 Å². The third-order valence-electron chi connectivity index (χ3n) is 4.92. The molecule has 1 aliphatic carbocycles. The van der Waals surface area contributed by atoms with Crippen LogP contribution in [0, 0.1) is 5.92 Å². The van der Waals surface area contributed by atoms with Crippen molar-refractivity contribution < 1.29 is 24.2 Å². The largest absolute Gasteiger partial charge is 0.481 e. The van der Waals surface area contributed by atoms with Crippen molar-refractivity contribution in [2.24, 2.45) is 5.92 Å². The molecular formula is C17H23NO5. The van der Waals surface area contributed by atoms with Gasteiger partial charge in [-0.1, -0.05) is 18.2 Å². The zero-order chi connectivity index (χ0) is 16.4. The molecule has 4 atom stereocenters. The molecule has 0 aromatic heterocycles. The van der Waals surface area contributed by atoms with E-state index in [-0.39, 0.29) is 24.6 Å². The molecule has 0 aromatic carbocycles. The summed E-state index contributed by atoms with van der Waals surface area (Å²) in [7, 11) is 0. The van der Waals surface area contributed by atoms with Crippen LogP contribution < -0.4 is 0 Å². The second kappa shape index (κ2) is 6.45. The number of carbonyl (C=O) groups excluding carboxylic acids is 1. The van der Waals surface area contributed by atoms with Gasteiger partial charge in [-0.15, -0.1) is 0 Å². The van der Waals surface area contributed by atoms with Gasteiger partial charge in [0.25, 0.3) is 5.91 Å². The van der Waals surface area contributed by atoms with Crippen LogP contribution in [-0.2, 0) is 19.1 Å². The standard InChI is InChI=1S/C17H23NO5/c1-2-23-17(9-4-3-8-14(17)15(19)20)16(21)18-12-6-5-7-13(18)11-22-10-12/h3-4,8-9,12-14H,2,5-7,10-11H2,1H3,(H,19,20). The fraction of sp³-hybridized carbons (Fsp3) is 0.647. The molecule has 6 heteroatoms. The van der Waals surface area contributed by atoms with Gasteiger partial charge in [-0.05, 0) is 32.3 Å². The van der Waals surface area contributed by atoms with Crippen molar-refractivity contribution >= 4 is 11.9 Å². The molecule has 6 nitrogen and oxygen atoms in total. The van der Waals surface area contributed by atoms with Gasteiger partial charge in [-0.3, -0.25) is 9.59 Å². The molecule has 2 heterocycles. The molecule has 3 rings (SSSR count). The van der Waals surface area contributed by atoms with Crippen molar-refractivity contribution in [2.45, 2.75) is 43.9 Å². The maximum atomic E-state index is 13.4. The van der Waals surface area contributed by atoms with Crippen molar-refractivity contribution in [3.8, 4) is 0 Å². The Morgan fingerprint density at radius 3 is 2.61 bits per heavy atom. The summed E-state index contributed by atoms with van der Waals surface area (Å²) in [6.07, 6.45) is 9.34. The average molecular weight is 321 g/mol. The monoisotopic (exact) mass is 321 g/mol. The first-order chi connectivity index (χ1) is 11.1. The molecule has 2 saturated heterocycles. The average Bonchev–Trinajstić information content (AvgIpc) is 2.53. The van der Waals surface area contributed by atoms with Crippen LogP contribution in [0.2, 0.25) is 0 Å². The summed E-state index contributed by atoms with van der Waals surface area (Å²) < 4.78 is 11.4. The number of hydrogen-bond acceptors (Lipinski definition) is 4. The van der Waals surface area contributed by atoms with Gasteiger partial charge in [0, 0.05) is 6.61 Å². The first-order valence-corrected chi connectivity index (χ1v) is 8.23. The number of piperidine rings is 1. The number of rotatable bonds is 4. The van der Waals surface area contributed by atoms with Crippen molar-refractivity contribution in [3.05, 3.63) is 24.3 Å². The van der Waals surface area contributed by atoms with Crippen LogP contribution in [0.15, 0.2) is 24.3 Å². The summed E-state index contributed by atoms with van der Waals surface area (Å²) >= 11 is 0. The topological polar surface area (TPSA) is 76.1 Å². The Balaban J connectivity index is 1.97. The van der Waals surface area contributed by atoms with Crippen LogP contribution in [0.3, 0.4) is 0 Å². The molecule has 3 aliphatic rings. The van der Waals surface area contributed by atoms with Crippen molar-refractivity contribution in [3.63, 3.8) is 0 Å². The van der Waals surface area contributed by atoms with E-state index in [0.717, 1.165) is 19.3 Å². The first kappa shape index (κ1) is 16.2. The fourth-order valence-electron chi connectivity index (χ4n) is 3.90. The zero-order valence-electron chi connectivity index (χ0n) is 13.3. The minimum Gasteiger partial charge on any atom is -0.481 e. The molecule has 2 fully saturated rings. The zero-order valence-corrected chi connectivity index (χ0v) is 13.3. The molecule has 1 amide bonds. The molecule has 0 radical (unpaired) electrons. The molecule has 0 spiro atoms. The lowest BCUT2D eigenvalue weighted by Gasteiger charge is -2.49. The smallest absolute Gasteiger partial charge is 0.314 e. The number of nitrogens with zero attached hydrogens (tertiary/aromatic N) is 1. The summed E-state index contributed by atoms with van der Waals surface area (Å²) in [6, 6.07) is 0.0298. The predicted molar refractivity (Wildman–Crippen MR) is 82.9 cm³/mol. The van der Waals surface area contributed by atoms with E-state index in [1.165, 1.54) is 6.08 Å². The van der Waals surface area contributed by atoms with Crippen LogP contribution in [0.5, 0.6) is 0 Å². The second-order valence-electron chi connectivity index (χ2n) is 6.27. The number of fused-ring (bicyclic) bond motifs is 2. The Labute approximate surface area is 135 Å². The molecular weight excluding hydrogens is 298 g/mol. The van der Waals surface area contributed by atoms with Gasteiger partial charge in [0.2, 0.25) is 0 Å². The van der Waals surface area contributed by atoms with Gasteiger partial charge < -0.3 is 19.5 Å². The number of carboxylic acid groups (broad SMARTS) is 1.